The van der Waals surface area contributed by atoms with Crippen LogP contribution in [0.2, 0.25) is 0 Å². The fourth-order valence-electron chi connectivity index (χ4n) is 1.64. The molecule has 7 nitrogen and oxygen atoms in total. The average molecular weight is 227 g/mol. The summed E-state index contributed by atoms with van der Waals surface area (Å²) in [6.07, 6.45) is 2.26. The third-order valence-corrected chi connectivity index (χ3v) is 2.34. The van der Waals surface area contributed by atoms with Gasteiger partial charge in [-0.1, -0.05) is 13.3 Å². The maximum absolute atomic E-state index is 11.1. The van der Waals surface area contributed by atoms with Crippen molar-refractivity contribution in [3.05, 3.63) is 22.1 Å². The molecular formula is C9H13N3O4. The second-order valence-corrected chi connectivity index (χ2v) is 3.50. The molecule has 0 radical (unpaired) electrons. The SMILES string of the molecule is CCCC(C(=O)O)c1c([N+](=O)[O-])ncn1C. The maximum Gasteiger partial charge on any atom is 0.385 e. The van der Waals surface area contributed by atoms with Gasteiger partial charge >= 0.3 is 11.8 Å². The molecule has 0 amide bonds. The van der Waals surface area contributed by atoms with Gasteiger partial charge in [-0.15, -0.1) is 0 Å². The number of aliphatic carboxylic acids is 1. The Labute approximate surface area is 91.9 Å². The summed E-state index contributed by atoms with van der Waals surface area (Å²) in [4.78, 5) is 24.7. The summed E-state index contributed by atoms with van der Waals surface area (Å²) in [6.45, 7) is 1.83. The number of carboxylic acid groups (broad SMARTS) is 1. The van der Waals surface area contributed by atoms with E-state index < -0.39 is 16.8 Å². The molecule has 0 saturated heterocycles. The highest BCUT2D eigenvalue weighted by molar-refractivity contribution is 5.76. The van der Waals surface area contributed by atoms with E-state index >= 15 is 0 Å². The number of carbonyl (C=O) groups is 1. The van der Waals surface area contributed by atoms with Crippen LogP contribution in [0.25, 0.3) is 0 Å². The quantitative estimate of drug-likeness (QED) is 0.603. The molecule has 1 rings (SSSR count). The van der Waals surface area contributed by atoms with E-state index in [2.05, 4.69) is 4.98 Å². The van der Waals surface area contributed by atoms with Crippen LogP contribution in [-0.4, -0.2) is 25.6 Å². The summed E-state index contributed by atoms with van der Waals surface area (Å²) in [7, 11) is 1.56. The van der Waals surface area contributed by atoms with Crippen molar-refractivity contribution in [2.75, 3.05) is 0 Å². The van der Waals surface area contributed by atoms with Gasteiger partial charge in [-0.2, -0.15) is 0 Å². The number of nitrogens with zero attached hydrogens (tertiary/aromatic N) is 3. The smallest absolute Gasteiger partial charge is 0.385 e. The molecule has 0 aliphatic carbocycles. The van der Waals surface area contributed by atoms with Gasteiger partial charge in [0.25, 0.3) is 0 Å². The van der Waals surface area contributed by atoms with Crippen LogP contribution in [0, 0.1) is 10.1 Å². The molecule has 0 aliphatic rings. The zero-order valence-corrected chi connectivity index (χ0v) is 9.08. The van der Waals surface area contributed by atoms with Gasteiger partial charge < -0.3 is 19.8 Å². The fraction of sp³-hybridized carbons (Fsp3) is 0.556. The van der Waals surface area contributed by atoms with E-state index in [-0.39, 0.29) is 11.5 Å². The van der Waals surface area contributed by atoms with E-state index in [1.807, 2.05) is 6.92 Å². The minimum absolute atomic E-state index is 0.152. The van der Waals surface area contributed by atoms with Crippen LogP contribution in [-0.2, 0) is 11.8 Å². The molecule has 0 aliphatic heterocycles. The van der Waals surface area contributed by atoms with Crippen LogP contribution in [0.5, 0.6) is 0 Å². The Kier molecular flexibility index (Phi) is 3.60. The topological polar surface area (TPSA) is 98.3 Å². The fourth-order valence-corrected chi connectivity index (χ4v) is 1.64. The molecule has 1 atom stereocenters. The number of nitro groups is 1. The zero-order valence-electron chi connectivity index (χ0n) is 9.08. The second kappa shape index (κ2) is 4.73. The Morgan fingerprint density at radius 2 is 2.38 bits per heavy atom. The molecule has 1 unspecified atom stereocenters. The minimum atomic E-state index is -1.06. The standard InChI is InChI=1S/C9H13N3O4/c1-3-4-6(9(13)14)7-8(12(15)16)10-5-11(7)2/h5-6H,3-4H2,1-2H3,(H,13,14). The monoisotopic (exact) mass is 227 g/mol. The van der Waals surface area contributed by atoms with Gasteiger partial charge in [-0.3, -0.25) is 4.79 Å². The normalized spacial score (nSPS) is 12.4. The molecular weight excluding hydrogens is 214 g/mol. The lowest BCUT2D eigenvalue weighted by Gasteiger charge is -2.10. The van der Waals surface area contributed by atoms with Crippen molar-refractivity contribution in [3.63, 3.8) is 0 Å². The number of hydrogen-bond acceptors (Lipinski definition) is 4. The summed E-state index contributed by atoms with van der Waals surface area (Å²) >= 11 is 0. The number of aromatic nitrogens is 2. The van der Waals surface area contributed by atoms with Crippen LogP contribution in [0.15, 0.2) is 6.33 Å². The van der Waals surface area contributed by atoms with Gasteiger partial charge in [0.2, 0.25) is 6.33 Å². The molecule has 88 valence electrons. The Hall–Kier alpha value is -1.92. The van der Waals surface area contributed by atoms with E-state index in [1.165, 1.54) is 10.9 Å². The molecule has 1 aromatic heterocycles. The molecule has 1 aromatic rings. The predicted octanol–water partition coefficient (Wildman–Crippen LogP) is 1.30. The lowest BCUT2D eigenvalue weighted by molar-refractivity contribution is -0.390. The molecule has 7 heteroatoms. The van der Waals surface area contributed by atoms with Crippen LogP contribution < -0.4 is 0 Å². The van der Waals surface area contributed by atoms with Crippen LogP contribution in [0.1, 0.15) is 31.4 Å². The third-order valence-electron chi connectivity index (χ3n) is 2.34. The summed E-state index contributed by atoms with van der Waals surface area (Å²) in [5.41, 5.74) is 0.152. The van der Waals surface area contributed by atoms with Crippen molar-refractivity contribution in [2.45, 2.75) is 25.7 Å². The molecule has 0 aromatic carbocycles. The van der Waals surface area contributed by atoms with Crippen LogP contribution >= 0.6 is 0 Å². The number of carboxylic acids is 1. The first kappa shape index (κ1) is 12.2. The maximum atomic E-state index is 11.1. The minimum Gasteiger partial charge on any atom is -0.481 e. The first-order chi connectivity index (χ1) is 7.49. The van der Waals surface area contributed by atoms with Crippen molar-refractivity contribution < 1.29 is 14.8 Å². The van der Waals surface area contributed by atoms with E-state index in [4.69, 9.17) is 5.11 Å². The van der Waals surface area contributed by atoms with Gasteiger partial charge in [-0.25, -0.2) is 0 Å². The molecule has 0 fully saturated rings. The highest BCUT2D eigenvalue weighted by Crippen LogP contribution is 2.28. The van der Waals surface area contributed by atoms with Gasteiger partial charge in [0.1, 0.15) is 11.6 Å². The van der Waals surface area contributed by atoms with E-state index in [0.717, 1.165) is 0 Å². The van der Waals surface area contributed by atoms with Crippen molar-refractivity contribution >= 4 is 11.8 Å². The van der Waals surface area contributed by atoms with Crippen molar-refractivity contribution in [1.29, 1.82) is 0 Å². The number of aryl methyl sites for hydroxylation is 1. The van der Waals surface area contributed by atoms with Gasteiger partial charge in [-0.05, 0) is 16.3 Å². The average Bonchev–Trinajstić information content (AvgIpc) is 2.56. The third kappa shape index (κ3) is 2.18. The zero-order chi connectivity index (χ0) is 12.3. The van der Waals surface area contributed by atoms with E-state index in [0.29, 0.717) is 12.8 Å². The lowest BCUT2D eigenvalue weighted by atomic mass is 10.00. The summed E-state index contributed by atoms with van der Waals surface area (Å²) in [5, 5.41) is 19.7. The van der Waals surface area contributed by atoms with Gasteiger partial charge in [0.05, 0.1) is 0 Å². The molecule has 0 saturated carbocycles. The van der Waals surface area contributed by atoms with Crippen LogP contribution in [0.3, 0.4) is 0 Å². The Morgan fingerprint density at radius 3 is 2.81 bits per heavy atom. The van der Waals surface area contributed by atoms with Gasteiger partial charge in [0.15, 0.2) is 0 Å². The Balaban J connectivity index is 3.21. The second-order valence-electron chi connectivity index (χ2n) is 3.50. The molecule has 1 N–H and O–H groups in total. The number of rotatable bonds is 5. The first-order valence-electron chi connectivity index (χ1n) is 4.87. The summed E-state index contributed by atoms with van der Waals surface area (Å²) in [5.74, 6) is -2.31. The van der Waals surface area contributed by atoms with E-state index in [1.54, 1.807) is 7.05 Å². The van der Waals surface area contributed by atoms with Crippen molar-refractivity contribution in [2.24, 2.45) is 7.05 Å². The summed E-state index contributed by atoms with van der Waals surface area (Å²) < 4.78 is 1.40. The molecule has 1 heterocycles. The van der Waals surface area contributed by atoms with Crippen LogP contribution in [0.4, 0.5) is 5.82 Å². The number of imidazole rings is 1. The molecule has 0 bridgehead atoms. The molecule has 16 heavy (non-hydrogen) atoms. The largest absolute Gasteiger partial charge is 0.481 e. The van der Waals surface area contributed by atoms with Crippen molar-refractivity contribution in [1.82, 2.24) is 9.55 Å². The van der Waals surface area contributed by atoms with Crippen molar-refractivity contribution in [3.8, 4) is 0 Å². The Bertz CT molecular complexity index is 413. The van der Waals surface area contributed by atoms with Gasteiger partial charge in [0, 0.05) is 7.05 Å². The highest BCUT2D eigenvalue weighted by atomic mass is 16.6. The van der Waals surface area contributed by atoms with E-state index in [9.17, 15) is 14.9 Å². The first-order valence-corrected chi connectivity index (χ1v) is 4.87. The Morgan fingerprint density at radius 1 is 1.75 bits per heavy atom. The lowest BCUT2D eigenvalue weighted by Crippen LogP contribution is -2.16. The number of hydrogen-bond donors (Lipinski definition) is 1. The highest BCUT2D eigenvalue weighted by Gasteiger charge is 2.31. The molecule has 0 spiro atoms. The predicted molar refractivity (Wildman–Crippen MR) is 55.1 cm³/mol. The summed E-state index contributed by atoms with van der Waals surface area (Å²) in [6, 6.07) is 0.